The van der Waals surface area contributed by atoms with E-state index in [9.17, 15) is 4.79 Å². The third-order valence-electron chi connectivity index (χ3n) is 3.02. The fourth-order valence-corrected chi connectivity index (χ4v) is 2.00. The minimum atomic E-state index is -0.0634. The molecule has 0 unspecified atom stereocenters. The lowest BCUT2D eigenvalue weighted by Gasteiger charge is -2.28. The van der Waals surface area contributed by atoms with Crippen molar-refractivity contribution in [1.82, 2.24) is 10.3 Å². The standard InChI is InChI=1S/C13H20N4O2.ClH/c1-10-11(16-13(18)9-14-2)3-4-12(15-10)17-5-7-19-8-6-17;/h3-4,14H,5-9H2,1-2H3,(H,16,18);1H. The third kappa shape index (κ3) is 4.33. The van der Waals surface area contributed by atoms with Gasteiger partial charge in [-0.15, -0.1) is 12.4 Å². The molecule has 0 spiro atoms. The highest BCUT2D eigenvalue weighted by Crippen LogP contribution is 2.19. The van der Waals surface area contributed by atoms with E-state index in [4.69, 9.17) is 4.74 Å². The fraction of sp³-hybridized carbons (Fsp3) is 0.538. The summed E-state index contributed by atoms with van der Waals surface area (Å²) in [4.78, 5) is 18.3. The summed E-state index contributed by atoms with van der Waals surface area (Å²) >= 11 is 0. The number of anilines is 2. The monoisotopic (exact) mass is 300 g/mol. The van der Waals surface area contributed by atoms with Crippen LogP contribution < -0.4 is 15.5 Å². The molecule has 2 heterocycles. The SMILES string of the molecule is CNCC(=O)Nc1ccc(N2CCOCC2)nc1C.Cl. The van der Waals surface area contributed by atoms with Crippen LogP contribution in [0.5, 0.6) is 0 Å². The highest BCUT2D eigenvalue weighted by atomic mass is 35.5. The minimum Gasteiger partial charge on any atom is -0.378 e. The van der Waals surface area contributed by atoms with Gasteiger partial charge in [0.05, 0.1) is 31.1 Å². The second-order valence-electron chi connectivity index (χ2n) is 4.48. The first-order chi connectivity index (χ1) is 9.20. The van der Waals surface area contributed by atoms with Crippen LogP contribution in [0.15, 0.2) is 12.1 Å². The van der Waals surface area contributed by atoms with E-state index in [1.807, 2.05) is 19.1 Å². The van der Waals surface area contributed by atoms with Crippen molar-refractivity contribution in [1.29, 1.82) is 0 Å². The maximum atomic E-state index is 11.5. The molecule has 1 aromatic rings. The van der Waals surface area contributed by atoms with Gasteiger partial charge in [0.1, 0.15) is 5.82 Å². The number of amides is 1. The number of nitrogens with zero attached hydrogens (tertiary/aromatic N) is 2. The Balaban J connectivity index is 0.00000200. The number of ether oxygens (including phenoxy) is 1. The van der Waals surface area contributed by atoms with Crippen molar-refractivity contribution >= 4 is 29.8 Å². The molecule has 20 heavy (non-hydrogen) atoms. The molecule has 1 amide bonds. The number of carbonyl (C=O) groups excluding carboxylic acids is 1. The first kappa shape index (κ1) is 16.7. The zero-order valence-electron chi connectivity index (χ0n) is 11.8. The predicted octanol–water partition coefficient (Wildman–Crippen LogP) is 0.806. The van der Waals surface area contributed by atoms with Gasteiger partial charge in [-0.2, -0.15) is 0 Å². The highest BCUT2D eigenvalue weighted by Gasteiger charge is 2.13. The Labute approximate surface area is 125 Å². The van der Waals surface area contributed by atoms with Crippen LogP contribution in [-0.2, 0) is 9.53 Å². The molecule has 2 N–H and O–H groups in total. The summed E-state index contributed by atoms with van der Waals surface area (Å²) in [5, 5.41) is 5.65. The predicted molar refractivity (Wildman–Crippen MR) is 81.8 cm³/mol. The molecule has 0 atom stereocenters. The molecule has 112 valence electrons. The summed E-state index contributed by atoms with van der Waals surface area (Å²) in [6, 6.07) is 3.84. The quantitative estimate of drug-likeness (QED) is 0.861. The Morgan fingerprint density at radius 1 is 1.40 bits per heavy atom. The van der Waals surface area contributed by atoms with E-state index < -0.39 is 0 Å². The van der Waals surface area contributed by atoms with Crippen molar-refractivity contribution in [2.75, 3.05) is 50.1 Å². The molecule has 0 radical (unpaired) electrons. The van der Waals surface area contributed by atoms with Gasteiger partial charge in [-0.1, -0.05) is 0 Å². The number of halogens is 1. The molecule has 1 aliphatic heterocycles. The van der Waals surface area contributed by atoms with Gasteiger partial charge < -0.3 is 20.3 Å². The Morgan fingerprint density at radius 3 is 2.70 bits per heavy atom. The average molecular weight is 301 g/mol. The van der Waals surface area contributed by atoms with E-state index >= 15 is 0 Å². The van der Waals surface area contributed by atoms with Crippen LogP contribution >= 0.6 is 12.4 Å². The van der Waals surface area contributed by atoms with Crippen molar-refractivity contribution in [2.45, 2.75) is 6.92 Å². The van der Waals surface area contributed by atoms with Gasteiger partial charge in [0.15, 0.2) is 0 Å². The topological polar surface area (TPSA) is 66.5 Å². The smallest absolute Gasteiger partial charge is 0.238 e. The maximum Gasteiger partial charge on any atom is 0.238 e. The number of pyridine rings is 1. The Bertz CT molecular complexity index is 450. The number of rotatable bonds is 4. The van der Waals surface area contributed by atoms with Gasteiger partial charge in [-0.05, 0) is 26.1 Å². The molecule has 7 heteroatoms. The lowest BCUT2D eigenvalue weighted by atomic mass is 10.3. The van der Waals surface area contributed by atoms with Crippen LogP contribution in [0, 0.1) is 6.92 Å². The largest absolute Gasteiger partial charge is 0.378 e. The Hall–Kier alpha value is -1.37. The summed E-state index contributed by atoms with van der Waals surface area (Å²) in [6.07, 6.45) is 0. The number of hydrogen-bond donors (Lipinski definition) is 2. The molecule has 1 fully saturated rings. The molecule has 0 aromatic carbocycles. The molecule has 0 saturated carbocycles. The van der Waals surface area contributed by atoms with Gasteiger partial charge >= 0.3 is 0 Å². The molecule has 1 aliphatic rings. The van der Waals surface area contributed by atoms with E-state index in [-0.39, 0.29) is 18.3 Å². The highest BCUT2D eigenvalue weighted by molar-refractivity contribution is 5.92. The van der Waals surface area contributed by atoms with Crippen LogP contribution in [0.2, 0.25) is 0 Å². The van der Waals surface area contributed by atoms with Crippen molar-refractivity contribution in [2.24, 2.45) is 0 Å². The number of aryl methyl sites for hydroxylation is 1. The summed E-state index contributed by atoms with van der Waals surface area (Å²) in [5.74, 6) is 0.874. The molecule has 0 bridgehead atoms. The first-order valence-corrected chi connectivity index (χ1v) is 6.45. The van der Waals surface area contributed by atoms with Crippen LogP contribution in [0.3, 0.4) is 0 Å². The normalized spacial score (nSPS) is 14.6. The zero-order chi connectivity index (χ0) is 13.7. The van der Waals surface area contributed by atoms with Gasteiger partial charge in [-0.25, -0.2) is 4.98 Å². The summed E-state index contributed by atoms with van der Waals surface area (Å²) in [7, 11) is 1.74. The van der Waals surface area contributed by atoms with Crippen molar-refractivity contribution < 1.29 is 9.53 Å². The van der Waals surface area contributed by atoms with E-state index in [0.29, 0.717) is 6.54 Å². The van der Waals surface area contributed by atoms with Gasteiger partial charge in [0.25, 0.3) is 0 Å². The third-order valence-corrected chi connectivity index (χ3v) is 3.02. The lowest BCUT2D eigenvalue weighted by Crippen LogP contribution is -2.36. The van der Waals surface area contributed by atoms with E-state index in [2.05, 4.69) is 20.5 Å². The second kappa shape index (κ2) is 8.04. The fourth-order valence-electron chi connectivity index (χ4n) is 2.00. The van der Waals surface area contributed by atoms with E-state index in [1.165, 1.54) is 0 Å². The molecule has 6 nitrogen and oxygen atoms in total. The Kier molecular flexibility index (Phi) is 6.70. The van der Waals surface area contributed by atoms with Crippen molar-refractivity contribution in [3.8, 4) is 0 Å². The minimum absolute atomic E-state index is 0. The second-order valence-corrected chi connectivity index (χ2v) is 4.48. The number of hydrogen-bond acceptors (Lipinski definition) is 5. The van der Waals surface area contributed by atoms with Crippen molar-refractivity contribution in [3.05, 3.63) is 17.8 Å². The van der Waals surface area contributed by atoms with Gasteiger partial charge in [-0.3, -0.25) is 4.79 Å². The Morgan fingerprint density at radius 2 is 2.10 bits per heavy atom. The van der Waals surface area contributed by atoms with Gasteiger partial charge in [0.2, 0.25) is 5.91 Å². The van der Waals surface area contributed by atoms with E-state index in [1.54, 1.807) is 7.05 Å². The molecular weight excluding hydrogens is 280 g/mol. The lowest BCUT2D eigenvalue weighted by molar-refractivity contribution is -0.115. The van der Waals surface area contributed by atoms with Crippen LogP contribution in [-0.4, -0.2) is 50.8 Å². The van der Waals surface area contributed by atoms with Gasteiger partial charge in [0, 0.05) is 13.1 Å². The number of nitrogens with one attached hydrogen (secondary N) is 2. The number of likely N-dealkylation sites (N-methyl/N-ethyl adjacent to an activating group) is 1. The van der Waals surface area contributed by atoms with Crippen molar-refractivity contribution in [3.63, 3.8) is 0 Å². The number of morpholine rings is 1. The van der Waals surface area contributed by atoms with E-state index in [0.717, 1.165) is 43.5 Å². The van der Waals surface area contributed by atoms with Crippen LogP contribution in [0.1, 0.15) is 5.69 Å². The average Bonchev–Trinajstić information content (AvgIpc) is 2.42. The molecule has 1 aromatic heterocycles. The molecule has 2 rings (SSSR count). The van der Waals surface area contributed by atoms with Crippen LogP contribution in [0.25, 0.3) is 0 Å². The zero-order valence-corrected chi connectivity index (χ0v) is 12.6. The summed E-state index contributed by atoms with van der Waals surface area (Å²) in [5.41, 5.74) is 1.59. The molecule has 1 saturated heterocycles. The molecule has 0 aliphatic carbocycles. The first-order valence-electron chi connectivity index (χ1n) is 6.45. The summed E-state index contributed by atoms with van der Waals surface area (Å²) < 4.78 is 5.32. The summed E-state index contributed by atoms with van der Waals surface area (Å²) in [6.45, 7) is 5.39. The number of carbonyl (C=O) groups is 1. The van der Waals surface area contributed by atoms with Crippen LogP contribution in [0.4, 0.5) is 11.5 Å². The molecular formula is C13H21ClN4O2. The maximum absolute atomic E-state index is 11.5. The number of aromatic nitrogens is 1.